The maximum atomic E-state index is 12.3. The second-order valence-corrected chi connectivity index (χ2v) is 6.36. The number of nitrogens with zero attached hydrogens (tertiary/aromatic N) is 1. The first-order valence-corrected chi connectivity index (χ1v) is 7.73. The lowest BCUT2D eigenvalue weighted by Crippen LogP contribution is -2.08. The third-order valence-electron chi connectivity index (χ3n) is 3.68. The van der Waals surface area contributed by atoms with Crippen molar-refractivity contribution in [3.63, 3.8) is 0 Å². The molecular formula is C17H13NO2S. The smallest absolute Gasteiger partial charge is 0.342 e. The van der Waals surface area contributed by atoms with Crippen molar-refractivity contribution in [3.05, 3.63) is 68.9 Å². The van der Waals surface area contributed by atoms with E-state index in [1.165, 1.54) is 0 Å². The summed E-state index contributed by atoms with van der Waals surface area (Å²) in [6, 6.07) is 7.80. The predicted molar refractivity (Wildman–Crippen MR) is 86.8 cm³/mol. The highest BCUT2D eigenvalue weighted by Crippen LogP contribution is 2.43. The van der Waals surface area contributed by atoms with Crippen LogP contribution in [0.15, 0.2) is 61.6 Å². The van der Waals surface area contributed by atoms with E-state index in [1.807, 2.05) is 37.3 Å². The molecule has 2 aromatic rings. The Bertz CT molecular complexity index is 889. The summed E-state index contributed by atoms with van der Waals surface area (Å²) in [5.41, 5.74) is 3.12. The first kappa shape index (κ1) is 12.7. The van der Waals surface area contributed by atoms with E-state index in [9.17, 15) is 4.79 Å². The zero-order chi connectivity index (χ0) is 14.4. The van der Waals surface area contributed by atoms with Gasteiger partial charge in [-0.05, 0) is 30.7 Å². The number of benzene rings is 1. The second-order valence-electron chi connectivity index (χ2n) is 5.24. The fourth-order valence-electron chi connectivity index (χ4n) is 2.58. The highest BCUT2D eigenvalue weighted by Gasteiger charge is 2.27. The number of rotatable bonds is 1. The summed E-state index contributed by atoms with van der Waals surface area (Å²) >= 11 is 1.62. The zero-order valence-electron chi connectivity index (χ0n) is 11.5. The minimum absolute atomic E-state index is 0.187. The van der Waals surface area contributed by atoms with Crippen LogP contribution < -0.4 is 5.63 Å². The largest absolute Gasteiger partial charge is 0.422 e. The summed E-state index contributed by atoms with van der Waals surface area (Å²) in [6.07, 6.45) is 7.01. The van der Waals surface area contributed by atoms with E-state index in [0.717, 1.165) is 28.0 Å². The van der Waals surface area contributed by atoms with Gasteiger partial charge >= 0.3 is 5.63 Å². The molecule has 1 aliphatic heterocycles. The molecule has 0 bridgehead atoms. The maximum absolute atomic E-state index is 12.3. The first-order valence-electron chi connectivity index (χ1n) is 6.86. The third-order valence-corrected chi connectivity index (χ3v) is 4.88. The van der Waals surface area contributed by atoms with Gasteiger partial charge in [0.1, 0.15) is 11.0 Å². The number of hydrogen-bond acceptors (Lipinski definition) is 4. The van der Waals surface area contributed by atoms with Crippen molar-refractivity contribution in [1.29, 1.82) is 0 Å². The average Bonchev–Trinajstić information content (AvgIpc) is 2.90. The Morgan fingerprint density at radius 3 is 3.10 bits per heavy atom. The molecule has 1 aliphatic carbocycles. The number of thioether (sulfide) groups is 1. The van der Waals surface area contributed by atoms with Crippen molar-refractivity contribution in [2.75, 3.05) is 0 Å². The summed E-state index contributed by atoms with van der Waals surface area (Å²) in [7, 11) is 0. The molecule has 4 rings (SSSR count). The van der Waals surface area contributed by atoms with Crippen LogP contribution in [0.1, 0.15) is 22.9 Å². The van der Waals surface area contributed by atoms with Gasteiger partial charge in [-0.25, -0.2) is 4.79 Å². The van der Waals surface area contributed by atoms with Crippen LogP contribution >= 0.6 is 11.8 Å². The normalized spacial score (nSPS) is 20.3. The Kier molecular flexibility index (Phi) is 2.86. The number of aryl methyl sites for hydroxylation is 1. The van der Waals surface area contributed by atoms with Gasteiger partial charge < -0.3 is 4.42 Å². The van der Waals surface area contributed by atoms with Crippen LogP contribution in [0, 0.1) is 6.92 Å². The Balaban J connectivity index is 1.81. The van der Waals surface area contributed by atoms with Crippen LogP contribution in [0.3, 0.4) is 0 Å². The zero-order valence-corrected chi connectivity index (χ0v) is 12.3. The fourth-order valence-corrected chi connectivity index (χ4v) is 3.72. The molecule has 1 unspecified atom stereocenters. The SMILES string of the molecule is Cc1ccc2cc(C3N=C4CC=CC=C4S3)c(=O)oc2c1. The molecule has 1 atom stereocenters. The lowest BCUT2D eigenvalue weighted by molar-refractivity contribution is 0.550. The van der Waals surface area contributed by atoms with E-state index < -0.39 is 0 Å². The van der Waals surface area contributed by atoms with Gasteiger partial charge in [0.05, 0.1) is 11.3 Å². The summed E-state index contributed by atoms with van der Waals surface area (Å²) in [5, 5.41) is 0.756. The van der Waals surface area contributed by atoms with E-state index in [-0.39, 0.29) is 11.0 Å². The van der Waals surface area contributed by atoms with Gasteiger partial charge in [0.25, 0.3) is 0 Å². The van der Waals surface area contributed by atoms with Crippen molar-refractivity contribution in [2.24, 2.45) is 4.99 Å². The molecule has 0 N–H and O–H groups in total. The maximum Gasteiger partial charge on any atom is 0.342 e. The van der Waals surface area contributed by atoms with Crippen LogP contribution in [0.4, 0.5) is 0 Å². The quantitative estimate of drug-likeness (QED) is 0.743. The predicted octanol–water partition coefficient (Wildman–Crippen LogP) is 4.13. The average molecular weight is 295 g/mol. The molecule has 0 spiro atoms. The first-order chi connectivity index (χ1) is 10.2. The van der Waals surface area contributed by atoms with Gasteiger partial charge in [-0.3, -0.25) is 4.99 Å². The standard InChI is InChI=1S/C17H13NO2S/c1-10-6-7-11-9-12(17(19)20-14(11)8-10)16-18-13-4-2-3-5-15(13)21-16/h2-3,5-9,16H,4H2,1H3. The molecule has 1 aromatic carbocycles. The molecular weight excluding hydrogens is 282 g/mol. The Morgan fingerprint density at radius 2 is 2.24 bits per heavy atom. The van der Waals surface area contributed by atoms with Crippen LogP contribution in [0.25, 0.3) is 11.0 Å². The van der Waals surface area contributed by atoms with Crippen LogP contribution in [0.2, 0.25) is 0 Å². The highest BCUT2D eigenvalue weighted by molar-refractivity contribution is 8.04. The fraction of sp³-hybridized carbons (Fsp3) is 0.176. The number of allylic oxidation sites excluding steroid dienone is 4. The molecule has 0 fully saturated rings. The van der Waals surface area contributed by atoms with Crippen LogP contribution in [-0.4, -0.2) is 5.71 Å². The summed E-state index contributed by atoms with van der Waals surface area (Å²) < 4.78 is 5.47. The van der Waals surface area contributed by atoms with Gasteiger partial charge in [0.2, 0.25) is 0 Å². The van der Waals surface area contributed by atoms with Crippen molar-refractivity contribution in [2.45, 2.75) is 18.7 Å². The van der Waals surface area contributed by atoms with E-state index in [0.29, 0.717) is 11.1 Å². The number of fused-ring (bicyclic) bond motifs is 2. The minimum atomic E-state index is -0.290. The molecule has 0 radical (unpaired) electrons. The summed E-state index contributed by atoms with van der Waals surface area (Å²) in [4.78, 5) is 18.1. The van der Waals surface area contributed by atoms with Crippen molar-refractivity contribution < 1.29 is 4.42 Å². The van der Waals surface area contributed by atoms with E-state index >= 15 is 0 Å². The molecule has 4 heteroatoms. The van der Waals surface area contributed by atoms with Gasteiger partial charge in [0.15, 0.2) is 0 Å². The monoisotopic (exact) mass is 295 g/mol. The van der Waals surface area contributed by atoms with E-state index in [2.05, 4.69) is 17.1 Å². The molecule has 2 aliphatic rings. The summed E-state index contributed by atoms with van der Waals surface area (Å²) in [6.45, 7) is 1.98. The molecule has 21 heavy (non-hydrogen) atoms. The van der Waals surface area contributed by atoms with Crippen molar-refractivity contribution in [3.8, 4) is 0 Å². The molecule has 0 amide bonds. The van der Waals surface area contributed by atoms with Gasteiger partial charge in [-0.15, -0.1) is 0 Å². The Labute approximate surface area is 126 Å². The Hall–Kier alpha value is -2.07. The van der Waals surface area contributed by atoms with Crippen LogP contribution in [-0.2, 0) is 0 Å². The lowest BCUT2D eigenvalue weighted by atomic mass is 10.1. The van der Waals surface area contributed by atoms with Crippen molar-refractivity contribution >= 4 is 28.4 Å². The van der Waals surface area contributed by atoms with Crippen LogP contribution in [0.5, 0.6) is 0 Å². The molecule has 1 aromatic heterocycles. The highest BCUT2D eigenvalue weighted by atomic mass is 32.2. The molecule has 104 valence electrons. The van der Waals surface area contributed by atoms with Gasteiger partial charge in [0, 0.05) is 16.7 Å². The summed E-state index contributed by atoms with van der Waals surface area (Å²) in [5.74, 6) is 0. The van der Waals surface area contributed by atoms with E-state index in [4.69, 9.17) is 4.42 Å². The molecule has 2 heterocycles. The molecule has 0 saturated heterocycles. The second kappa shape index (κ2) is 4.74. The minimum Gasteiger partial charge on any atom is -0.422 e. The lowest BCUT2D eigenvalue weighted by Gasteiger charge is -2.06. The van der Waals surface area contributed by atoms with Crippen molar-refractivity contribution in [1.82, 2.24) is 0 Å². The number of hydrogen-bond donors (Lipinski definition) is 0. The molecule has 3 nitrogen and oxygen atoms in total. The Morgan fingerprint density at radius 1 is 1.33 bits per heavy atom. The van der Waals surface area contributed by atoms with Gasteiger partial charge in [-0.2, -0.15) is 0 Å². The topological polar surface area (TPSA) is 42.6 Å². The third kappa shape index (κ3) is 2.16. The van der Waals surface area contributed by atoms with E-state index in [1.54, 1.807) is 11.8 Å². The van der Waals surface area contributed by atoms with Gasteiger partial charge in [-0.1, -0.05) is 36.0 Å². The number of aliphatic imine (C=N–C) groups is 1. The molecule has 0 saturated carbocycles.